The number of hydrogen-bond donors (Lipinski definition) is 1. The number of halogens is 1. The van der Waals surface area contributed by atoms with Crippen LogP contribution in [0.1, 0.15) is 57.6 Å². The minimum absolute atomic E-state index is 0.163. The lowest BCUT2D eigenvalue weighted by Gasteiger charge is -2.33. The number of benzene rings is 1. The molecule has 0 aromatic heterocycles. The van der Waals surface area contributed by atoms with Crippen molar-refractivity contribution in [2.75, 3.05) is 13.1 Å². The summed E-state index contributed by atoms with van der Waals surface area (Å²) in [5, 5.41) is 3.37. The normalized spacial score (nSPS) is 24.0. The fourth-order valence-electron chi connectivity index (χ4n) is 3.07. The predicted octanol–water partition coefficient (Wildman–Crippen LogP) is 4.46. The Morgan fingerprint density at radius 1 is 1.29 bits per heavy atom. The molecule has 3 heteroatoms. The quantitative estimate of drug-likeness (QED) is 0.749. The summed E-state index contributed by atoms with van der Waals surface area (Å²) in [6.45, 7) is 6.00. The van der Waals surface area contributed by atoms with Crippen LogP contribution in [-0.2, 0) is 4.74 Å². The van der Waals surface area contributed by atoms with Gasteiger partial charge in [-0.15, -0.1) is 0 Å². The van der Waals surface area contributed by atoms with E-state index in [0.29, 0.717) is 18.0 Å². The van der Waals surface area contributed by atoms with Gasteiger partial charge in [0.2, 0.25) is 0 Å². The van der Waals surface area contributed by atoms with Crippen LogP contribution in [0, 0.1) is 11.7 Å². The molecule has 0 saturated heterocycles. The van der Waals surface area contributed by atoms with E-state index in [1.807, 2.05) is 12.1 Å². The van der Waals surface area contributed by atoms with Gasteiger partial charge < -0.3 is 10.1 Å². The molecular weight excluding hydrogens is 265 g/mol. The molecule has 1 aromatic rings. The Morgan fingerprint density at radius 3 is 2.76 bits per heavy atom. The highest BCUT2D eigenvalue weighted by molar-refractivity contribution is 5.20. The van der Waals surface area contributed by atoms with Crippen LogP contribution in [0.2, 0.25) is 0 Å². The van der Waals surface area contributed by atoms with E-state index >= 15 is 0 Å². The topological polar surface area (TPSA) is 21.3 Å². The van der Waals surface area contributed by atoms with Gasteiger partial charge in [-0.2, -0.15) is 0 Å². The van der Waals surface area contributed by atoms with Crippen LogP contribution in [0.3, 0.4) is 0 Å². The lowest BCUT2D eigenvalue weighted by atomic mass is 9.87. The number of nitrogens with one attached hydrogen (secondary N) is 1. The monoisotopic (exact) mass is 293 g/mol. The summed E-state index contributed by atoms with van der Waals surface area (Å²) in [5.74, 6) is 0.406. The largest absolute Gasteiger partial charge is 0.369 e. The zero-order valence-electron chi connectivity index (χ0n) is 13.3. The molecule has 0 aliphatic heterocycles. The molecule has 1 aliphatic carbocycles. The van der Waals surface area contributed by atoms with Gasteiger partial charge in [-0.3, -0.25) is 0 Å². The van der Waals surface area contributed by atoms with Crippen molar-refractivity contribution >= 4 is 0 Å². The van der Waals surface area contributed by atoms with Gasteiger partial charge in [-0.1, -0.05) is 44.9 Å². The summed E-state index contributed by atoms with van der Waals surface area (Å²) in [6, 6.07) is 6.99. The van der Waals surface area contributed by atoms with Crippen molar-refractivity contribution in [3.63, 3.8) is 0 Å². The van der Waals surface area contributed by atoms with Gasteiger partial charge in [0.05, 0.1) is 12.2 Å². The first-order chi connectivity index (χ1) is 10.2. The molecule has 0 amide bonds. The van der Waals surface area contributed by atoms with Crippen molar-refractivity contribution in [2.24, 2.45) is 5.92 Å². The average molecular weight is 293 g/mol. The molecule has 2 nitrogen and oxygen atoms in total. The first kappa shape index (κ1) is 16.4. The Bertz CT molecular complexity index is 423. The summed E-state index contributed by atoms with van der Waals surface area (Å²) in [6.07, 6.45) is 5.97. The minimum Gasteiger partial charge on any atom is -0.369 e. The molecule has 3 unspecified atom stereocenters. The van der Waals surface area contributed by atoms with Crippen LogP contribution in [0.4, 0.5) is 4.39 Å². The maximum absolute atomic E-state index is 14.1. The SMILES string of the molecule is CCCNCC(OC1CCCCC1C)c1ccccc1F. The smallest absolute Gasteiger partial charge is 0.129 e. The Balaban J connectivity index is 2.06. The molecule has 2 rings (SSSR count). The van der Waals surface area contributed by atoms with Crippen LogP contribution < -0.4 is 5.32 Å². The maximum Gasteiger partial charge on any atom is 0.129 e. The third kappa shape index (κ3) is 4.79. The van der Waals surface area contributed by atoms with Gasteiger partial charge in [-0.25, -0.2) is 4.39 Å². The van der Waals surface area contributed by atoms with Gasteiger partial charge in [0.25, 0.3) is 0 Å². The van der Waals surface area contributed by atoms with Crippen LogP contribution in [0.15, 0.2) is 24.3 Å². The second-order valence-electron chi connectivity index (χ2n) is 6.15. The number of ether oxygens (including phenoxy) is 1. The van der Waals surface area contributed by atoms with E-state index in [-0.39, 0.29) is 18.0 Å². The van der Waals surface area contributed by atoms with Crippen molar-refractivity contribution in [1.82, 2.24) is 5.32 Å². The fraction of sp³-hybridized carbons (Fsp3) is 0.667. The van der Waals surface area contributed by atoms with Gasteiger partial charge >= 0.3 is 0 Å². The van der Waals surface area contributed by atoms with Gasteiger partial charge in [0.1, 0.15) is 5.82 Å². The molecule has 0 spiro atoms. The first-order valence-electron chi connectivity index (χ1n) is 8.33. The standard InChI is InChI=1S/C18H28FNO/c1-3-12-20-13-18(15-9-5-6-10-16(15)19)21-17-11-7-4-8-14(17)2/h5-6,9-10,14,17-18,20H,3-4,7-8,11-13H2,1-2H3. The Labute approximate surface area is 128 Å². The minimum atomic E-state index is -0.191. The van der Waals surface area contributed by atoms with E-state index < -0.39 is 0 Å². The van der Waals surface area contributed by atoms with E-state index in [1.165, 1.54) is 25.3 Å². The molecule has 0 radical (unpaired) electrons. The van der Waals surface area contributed by atoms with Crippen LogP contribution >= 0.6 is 0 Å². The number of hydrogen-bond acceptors (Lipinski definition) is 2. The van der Waals surface area contributed by atoms with Gasteiger partial charge in [-0.05, 0) is 37.8 Å². The highest BCUT2D eigenvalue weighted by atomic mass is 19.1. The Kier molecular flexibility index (Phi) is 6.65. The van der Waals surface area contributed by atoms with E-state index in [2.05, 4.69) is 19.2 Å². The van der Waals surface area contributed by atoms with E-state index in [1.54, 1.807) is 6.07 Å². The summed E-state index contributed by atoms with van der Waals surface area (Å²) in [4.78, 5) is 0. The molecule has 3 atom stereocenters. The molecule has 118 valence electrons. The van der Waals surface area contributed by atoms with Crippen molar-refractivity contribution in [2.45, 2.75) is 58.2 Å². The van der Waals surface area contributed by atoms with E-state index in [9.17, 15) is 4.39 Å². The van der Waals surface area contributed by atoms with E-state index in [4.69, 9.17) is 4.74 Å². The maximum atomic E-state index is 14.1. The molecule has 1 saturated carbocycles. The third-order valence-corrected chi connectivity index (χ3v) is 4.38. The Morgan fingerprint density at radius 2 is 2.05 bits per heavy atom. The lowest BCUT2D eigenvalue weighted by Crippen LogP contribution is -2.32. The Hall–Kier alpha value is -0.930. The molecular formula is C18H28FNO. The van der Waals surface area contributed by atoms with Crippen molar-refractivity contribution < 1.29 is 9.13 Å². The zero-order chi connectivity index (χ0) is 15.1. The molecule has 1 aromatic carbocycles. The summed E-state index contributed by atoms with van der Waals surface area (Å²) >= 11 is 0. The fourth-order valence-corrected chi connectivity index (χ4v) is 3.07. The van der Waals surface area contributed by atoms with Crippen molar-refractivity contribution in [1.29, 1.82) is 0 Å². The van der Waals surface area contributed by atoms with Crippen molar-refractivity contribution in [3.05, 3.63) is 35.6 Å². The van der Waals surface area contributed by atoms with Crippen molar-refractivity contribution in [3.8, 4) is 0 Å². The average Bonchev–Trinajstić information content (AvgIpc) is 2.49. The van der Waals surface area contributed by atoms with Gasteiger partial charge in [0, 0.05) is 12.1 Å². The third-order valence-electron chi connectivity index (χ3n) is 4.38. The van der Waals surface area contributed by atoms with Crippen LogP contribution in [0.5, 0.6) is 0 Å². The summed E-state index contributed by atoms with van der Waals surface area (Å²) in [7, 11) is 0. The number of rotatable bonds is 7. The highest BCUT2D eigenvalue weighted by Gasteiger charge is 2.26. The lowest BCUT2D eigenvalue weighted by molar-refractivity contribution is -0.0575. The zero-order valence-corrected chi connectivity index (χ0v) is 13.3. The second-order valence-corrected chi connectivity index (χ2v) is 6.15. The van der Waals surface area contributed by atoms with Crippen LogP contribution in [-0.4, -0.2) is 19.2 Å². The first-order valence-corrected chi connectivity index (χ1v) is 8.33. The second kappa shape index (κ2) is 8.50. The molecule has 0 bridgehead atoms. The molecule has 1 N–H and O–H groups in total. The molecule has 0 heterocycles. The van der Waals surface area contributed by atoms with Crippen LogP contribution in [0.25, 0.3) is 0 Å². The van der Waals surface area contributed by atoms with E-state index in [0.717, 1.165) is 19.4 Å². The molecule has 21 heavy (non-hydrogen) atoms. The summed E-state index contributed by atoms with van der Waals surface area (Å²) < 4.78 is 20.4. The molecule has 1 fully saturated rings. The highest BCUT2D eigenvalue weighted by Crippen LogP contribution is 2.31. The van der Waals surface area contributed by atoms with Gasteiger partial charge in [0.15, 0.2) is 0 Å². The predicted molar refractivity (Wildman–Crippen MR) is 84.8 cm³/mol. The summed E-state index contributed by atoms with van der Waals surface area (Å²) in [5.41, 5.74) is 0.680. The molecule has 1 aliphatic rings.